The molecule has 4 rings (SSSR count). The molecule has 2 aromatic carbocycles. The Hall–Kier alpha value is -3.42. The van der Waals surface area contributed by atoms with Crippen LogP contribution in [-0.4, -0.2) is 35.9 Å². The number of benzene rings is 2. The highest BCUT2D eigenvalue weighted by Crippen LogP contribution is 2.40. The second-order valence-electron chi connectivity index (χ2n) is 7.16. The lowest BCUT2D eigenvalue weighted by Crippen LogP contribution is -2.48. The highest BCUT2D eigenvalue weighted by atomic mass is 19.1. The topological polar surface area (TPSA) is 87.7 Å². The minimum Gasteiger partial charge on any atom is -0.493 e. The molecular weight excluding hydrogens is 377 g/mol. The lowest BCUT2D eigenvalue weighted by Gasteiger charge is -2.33. The van der Waals surface area contributed by atoms with Gasteiger partial charge in [0.25, 0.3) is 5.91 Å². The highest BCUT2D eigenvalue weighted by molar-refractivity contribution is 6.09. The van der Waals surface area contributed by atoms with Crippen LogP contribution in [0.25, 0.3) is 0 Å². The Labute approximate surface area is 166 Å². The third-order valence-electron chi connectivity index (χ3n) is 5.31. The van der Waals surface area contributed by atoms with E-state index in [1.165, 1.54) is 12.1 Å². The van der Waals surface area contributed by atoms with Crippen molar-refractivity contribution < 1.29 is 23.5 Å². The van der Waals surface area contributed by atoms with E-state index in [9.17, 15) is 18.8 Å². The van der Waals surface area contributed by atoms with Gasteiger partial charge in [-0.25, -0.2) is 9.18 Å². The van der Waals surface area contributed by atoms with E-state index in [1.807, 2.05) is 0 Å². The molecule has 8 heteroatoms. The average molecular weight is 397 g/mol. The second-order valence-corrected chi connectivity index (χ2v) is 7.16. The van der Waals surface area contributed by atoms with Gasteiger partial charge in [-0.3, -0.25) is 14.5 Å². The van der Waals surface area contributed by atoms with E-state index < -0.39 is 36.0 Å². The van der Waals surface area contributed by atoms with E-state index in [0.29, 0.717) is 23.3 Å². The zero-order valence-corrected chi connectivity index (χ0v) is 15.8. The predicted octanol–water partition coefficient (Wildman–Crippen LogP) is 2.23. The number of hydrogen-bond acceptors (Lipinski definition) is 4. The van der Waals surface area contributed by atoms with E-state index in [2.05, 4.69) is 10.6 Å². The molecule has 0 bridgehead atoms. The molecule has 7 nitrogen and oxygen atoms in total. The molecule has 2 atom stereocenters. The lowest BCUT2D eigenvalue weighted by molar-refractivity contribution is -0.136. The molecule has 2 heterocycles. The molecule has 150 valence electrons. The largest absolute Gasteiger partial charge is 0.493 e. The highest BCUT2D eigenvalue weighted by Gasteiger charge is 2.55. The van der Waals surface area contributed by atoms with Crippen molar-refractivity contribution in [3.05, 3.63) is 65.5 Å². The Bertz CT molecular complexity index is 978. The van der Waals surface area contributed by atoms with Crippen LogP contribution in [0.5, 0.6) is 5.75 Å². The third-order valence-corrected chi connectivity index (χ3v) is 5.31. The summed E-state index contributed by atoms with van der Waals surface area (Å²) in [6, 6.07) is 11.8. The molecule has 0 unspecified atom stereocenters. The molecule has 0 radical (unpaired) electrons. The van der Waals surface area contributed by atoms with Crippen LogP contribution < -0.4 is 15.4 Å². The van der Waals surface area contributed by atoms with Gasteiger partial charge in [0.05, 0.1) is 12.6 Å². The fraction of sp³-hybridized carbons (Fsp3) is 0.286. The molecule has 2 aromatic rings. The molecule has 29 heavy (non-hydrogen) atoms. The number of carbonyl (C=O) groups excluding carboxylic acids is 3. The van der Waals surface area contributed by atoms with E-state index in [1.54, 1.807) is 43.3 Å². The van der Waals surface area contributed by atoms with Crippen molar-refractivity contribution >= 4 is 17.8 Å². The Morgan fingerprint density at radius 1 is 1.24 bits per heavy atom. The molecule has 4 amide bonds. The van der Waals surface area contributed by atoms with Gasteiger partial charge < -0.3 is 15.4 Å². The molecule has 1 spiro atoms. The molecule has 1 saturated heterocycles. The number of carbonyl (C=O) groups is 3. The number of rotatable bonds is 4. The normalized spacial score (nSPS) is 21.4. The number of halogens is 1. The van der Waals surface area contributed by atoms with Gasteiger partial charge in [0.15, 0.2) is 5.54 Å². The SMILES string of the molecule is C[C@@H](NC(=O)CN1C(=O)N[C@]2(CCOc3ccccc32)C1=O)c1ccc(F)cc1. The van der Waals surface area contributed by atoms with Crippen molar-refractivity contribution in [2.45, 2.75) is 24.9 Å². The molecule has 2 aliphatic heterocycles. The lowest BCUT2D eigenvalue weighted by atomic mass is 9.84. The van der Waals surface area contributed by atoms with Crippen LogP contribution in [0.2, 0.25) is 0 Å². The van der Waals surface area contributed by atoms with Gasteiger partial charge in [0.2, 0.25) is 5.91 Å². The number of nitrogens with one attached hydrogen (secondary N) is 2. The summed E-state index contributed by atoms with van der Waals surface area (Å²) in [6.07, 6.45) is 0.290. The Morgan fingerprint density at radius 3 is 2.72 bits per heavy atom. The van der Waals surface area contributed by atoms with Crippen LogP contribution in [0.3, 0.4) is 0 Å². The zero-order valence-electron chi connectivity index (χ0n) is 15.8. The fourth-order valence-corrected chi connectivity index (χ4v) is 3.78. The Balaban J connectivity index is 1.49. The van der Waals surface area contributed by atoms with Gasteiger partial charge in [0.1, 0.15) is 18.1 Å². The van der Waals surface area contributed by atoms with Gasteiger partial charge in [-0.1, -0.05) is 30.3 Å². The van der Waals surface area contributed by atoms with E-state index in [0.717, 1.165) is 4.90 Å². The van der Waals surface area contributed by atoms with Crippen molar-refractivity contribution in [2.75, 3.05) is 13.2 Å². The van der Waals surface area contributed by atoms with Crippen molar-refractivity contribution in [2.24, 2.45) is 0 Å². The van der Waals surface area contributed by atoms with Crippen LogP contribution >= 0.6 is 0 Å². The first-order valence-corrected chi connectivity index (χ1v) is 9.32. The molecule has 0 aliphatic carbocycles. The Morgan fingerprint density at radius 2 is 1.97 bits per heavy atom. The smallest absolute Gasteiger partial charge is 0.325 e. The number of amides is 4. The van der Waals surface area contributed by atoms with E-state index >= 15 is 0 Å². The minimum atomic E-state index is -1.21. The van der Waals surface area contributed by atoms with Gasteiger partial charge in [-0.05, 0) is 30.7 Å². The summed E-state index contributed by atoms with van der Waals surface area (Å²) in [6.45, 7) is 1.62. The third kappa shape index (κ3) is 3.30. The summed E-state index contributed by atoms with van der Waals surface area (Å²) in [5.41, 5.74) is 0.0911. The van der Waals surface area contributed by atoms with Crippen molar-refractivity contribution in [1.29, 1.82) is 0 Å². The first-order valence-electron chi connectivity index (χ1n) is 9.32. The maximum Gasteiger partial charge on any atom is 0.325 e. The van der Waals surface area contributed by atoms with Crippen LogP contribution in [0.1, 0.15) is 30.5 Å². The van der Waals surface area contributed by atoms with Gasteiger partial charge in [-0.2, -0.15) is 0 Å². The number of nitrogens with zero attached hydrogens (tertiary/aromatic N) is 1. The first kappa shape index (κ1) is 18.9. The monoisotopic (exact) mass is 397 g/mol. The maximum atomic E-state index is 13.1. The summed E-state index contributed by atoms with van der Waals surface area (Å²) >= 11 is 0. The maximum absolute atomic E-state index is 13.1. The first-order chi connectivity index (χ1) is 13.9. The molecule has 1 fully saturated rings. The van der Waals surface area contributed by atoms with Gasteiger partial charge >= 0.3 is 6.03 Å². The minimum absolute atomic E-state index is 0.282. The van der Waals surface area contributed by atoms with Gasteiger partial charge in [-0.15, -0.1) is 0 Å². The molecule has 2 aliphatic rings. The molecular formula is C21H20FN3O4. The molecule has 2 N–H and O–H groups in total. The fourth-order valence-electron chi connectivity index (χ4n) is 3.78. The summed E-state index contributed by atoms with van der Waals surface area (Å²) in [7, 11) is 0. The number of fused-ring (bicyclic) bond motifs is 2. The number of ether oxygens (including phenoxy) is 1. The molecule has 0 aromatic heterocycles. The van der Waals surface area contributed by atoms with Crippen LogP contribution in [0.15, 0.2) is 48.5 Å². The summed E-state index contributed by atoms with van der Waals surface area (Å²) < 4.78 is 18.7. The van der Waals surface area contributed by atoms with Crippen molar-refractivity contribution in [3.63, 3.8) is 0 Å². The van der Waals surface area contributed by atoms with Crippen LogP contribution in [-0.2, 0) is 15.1 Å². The summed E-state index contributed by atoms with van der Waals surface area (Å²) in [5, 5.41) is 5.49. The summed E-state index contributed by atoms with van der Waals surface area (Å²) in [5.74, 6) is -0.775. The standard InChI is InChI=1S/C21H20FN3O4/c1-13(14-6-8-15(22)9-7-14)23-18(26)12-25-19(27)21(24-20(25)28)10-11-29-17-5-3-2-4-16(17)21/h2-9,13H,10-12H2,1H3,(H,23,26)(H,24,28)/t13-,21+/m1/s1. The number of hydrogen-bond donors (Lipinski definition) is 2. The van der Waals surface area contributed by atoms with Crippen molar-refractivity contribution in [3.8, 4) is 5.75 Å². The second kappa shape index (κ2) is 7.20. The number of imide groups is 1. The van der Waals surface area contributed by atoms with E-state index in [-0.39, 0.29) is 12.4 Å². The quantitative estimate of drug-likeness (QED) is 0.775. The Kier molecular flexibility index (Phi) is 4.70. The number of para-hydroxylation sites is 1. The van der Waals surface area contributed by atoms with Crippen LogP contribution in [0, 0.1) is 5.82 Å². The average Bonchev–Trinajstić information content (AvgIpc) is 2.93. The van der Waals surface area contributed by atoms with Crippen molar-refractivity contribution in [1.82, 2.24) is 15.5 Å². The van der Waals surface area contributed by atoms with Crippen LogP contribution in [0.4, 0.5) is 9.18 Å². The zero-order chi connectivity index (χ0) is 20.6. The molecule has 0 saturated carbocycles. The summed E-state index contributed by atoms with van der Waals surface area (Å²) in [4.78, 5) is 39.1. The van der Waals surface area contributed by atoms with E-state index in [4.69, 9.17) is 4.74 Å². The number of urea groups is 1. The van der Waals surface area contributed by atoms with Gasteiger partial charge in [0, 0.05) is 12.0 Å². The predicted molar refractivity (Wildman–Crippen MR) is 101 cm³/mol.